The predicted molar refractivity (Wildman–Crippen MR) is 63.2 cm³/mol. The molecule has 0 bridgehead atoms. The molecule has 0 radical (unpaired) electrons. The van der Waals surface area contributed by atoms with E-state index in [9.17, 15) is 9.59 Å². The van der Waals surface area contributed by atoms with Gasteiger partial charge in [-0.05, 0) is 24.6 Å². The third-order valence-electron chi connectivity index (χ3n) is 2.43. The number of nitrogens with zero attached hydrogens (tertiary/aromatic N) is 1. The van der Waals surface area contributed by atoms with Crippen LogP contribution in [-0.4, -0.2) is 17.1 Å². The molecule has 1 aliphatic rings. The topological polar surface area (TPSA) is 70.0 Å². The minimum Gasteiger partial charge on any atom is -0.295 e. The van der Waals surface area contributed by atoms with Crippen molar-refractivity contribution in [3.8, 4) is 6.07 Å². The Bertz CT molecular complexity index is 507. The smallest absolute Gasteiger partial charge is 0.240 e. The molecule has 0 aliphatic carbocycles. The van der Waals surface area contributed by atoms with Gasteiger partial charge in [-0.2, -0.15) is 5.26 Å². The summed E-state index contributed by atoms with van der Waals surface area (Å²) in [5.41, 5.74) is 0.572. The van der Waals surface area contributed by atoms with Crippen molar-refractivity contribution in [2.45, 2.75) is 23.0 Å². The largest absolute Gasteiger partial charge is 0.295 e. The van der Waals surface area contributed by atoms with Gasteiger partial charge < -0.3 is 0 Å². The van der Waals surface area contributed by atoms with Crippen LogP contribution in [0.25, 0.3) is 0 Å². The Balaban J connectivity index is 2.08. The zero-order chi connectivity index (χ0) is 12.3. The van der Waals surface area contributed by atoms with Crippen LogP contribution in [0, 0.1) is 11.3 Å². The Labute approximate surface area is 103 Å². The first-order valence-electron chi connectivity index (χ1n) is 5.19. The lowest BCUT2D eigenvalue weighted by Crippen LogP contribution is -2.42. The second kappa shape index (κ2) is 5.02. The molecular formula is C12H10N2O2S. The Morgan fingerprint density at radius 2 is 2.24 bits per heavy atom. The minimum atomic E-state index is -0.248. The highest BCUT2D eigenvalue weighted by atomic mass is 32.2. The molecule has 1 fully saturated rings. The van der Waals surface area contributed by atoms with Crippen LogP contribution in [-0.2, 0) is 9.59 Å². The fourth-order valence-electron chi connectivity index (χ4n) is 1.59. The molecule has 1 aromatic carbocycles. The van der Waals surface area contributed by atoms with E-state index in [1.54, 1.807) is 18.2 Å². The highest BCUT2D eigenvalue weighted by molar-refractivity contribution is 8.00. The number of nitrogens with one attached hydrogen (secondary N) is 1. The van der Waals surface area contributed by atoms with Gasteiger partial charge in [-0.3, -0.25) is 14.9 Å². The summed E-state index contributed by atoms with van der Waals surface area (Å²) in [6.45, 7) is 0. The number of thioether (sulfide) groups is 1. The van der Waals surface area contributed by atoms with Crippen molar-refractivity contribution in [1.29, 1.82) is 5.26 Å². The second-order valence-corrected chi connectivity index (χ2v) is 4.97. The van der Waals surface area contributed by atoms with Gasteiger partial charge in [0.1, 0.15) is 0 Å². The molecule has 1 aliphatic heterocycles. The molecule has 1 aromatic rings. The third kappa shape index (κ3) is 2.86. The fraction of sp³-hybridized carbons (Fsp3) is 0.250. The number of imide groups is 1. The van der Waals surface area contributed by atoms with Crippen molar-refractivity contribution >= 4 is 23.6 Å². The Morgan fingerprint density at radius 1 is 1.41 bits per heavy atom. The first-order valence-corrected chi connectivity index (χ1v) is 6.07. The van der Waals surface area contributed by atoms with Gasteiger partial charge in [-0.15, -0.1) is 11.8 Å². The number of rotatable bonds is 2. The number of hydrogen-bond acceptors (Lipinski definition) is 4. The fourth-order valence-corrected chi connectivity index (χ4v) is 2.67. The standard InChI is InChI=1S/C12H10N2O2S/c13-7-8-2-1-3-9(6-8)17-10-4-5-11(15)14-12(10)16/h1-3,6,10H,4-5H2,(H,14,15,16). The molecule has 4 nitrogen and oxygen atoms in total. The van der Waals surface area contributed by atoms with Crippen LogP contribution in [0.15, 0.2) is 29.2 Å². The Morgan fingerprint density at radius 3 is 2.94 bits per heavy atom. The summed E-state index contributed by atoms with van der Waals surface area (Å²) in [4.78, 5) is 23.4. The molecule has 17 heavy (non-hydrogen) atoms. The van der Waals surface area contributed by atoms with Gasteiger partial charge in [0.2, 0.25) is 11.8 Å². The lowest BCUT2D eigenvalue weighted by atomic mass is 10.1. The first-order chi connectivity index (χ1) is 8.19. The van der Waals surface area contributed by atoms with E-state index in [0.717, 1.165) is 4.90 Å². The van der Waals surface area contributed by atoms with Gasteiger partial charge in [-0.25, -0.2) is 0 Å². The van der Waals surface area contributed by atoms with Gasteiger partial charge in [0.25, 0.3) is 0 Å². The van der Waals surface area contributed by atoms with Crippen molar-refractivity contribution in [2.75, 3.05) is 0 Å². The first kappa shape index (κ1) is 11.7. The van der Waals surface area contributed by atoms with Crippen LogP contribution in [0.4, 0.5) is 0 Å². The normalized spacial score (nSPS) is 19.6. The van der Waals surface area contributed by atoms with Crippen molar-refractivity contribution in [3.05, 3.63) is 29.8 Å². The zero-order valence-corrected chi connectivity index (χ0v) is 9.79. The minimum absolute atomic E-state index is 0.211. The number of benzene rings is 1. The molecule has 1 N–H and O–H groups in total. The van der Waals surface area contributed by atoms with Gasteiger partial charge in [0, 0.05) is 11.3 Å². The Hall–Kier alpha value is -1.80. The Kier molecular flexibility index (Phi) is 3.45. The molecular weight excluding hydrogens is 236 g/mol. The average molecular weight is 246 g/mol. The van der Waals surface area contributed by atoms with E-state index in [1.165, 1.54) is 11.8 Å². The van der Waals surface area contributed by atoms with Gasteiger partial charge in [-0.1, -0.05) is 6.07 Å². The van der Waals surface area contributed by atoms with Crippen LogP contribution in [0.3, 0.4) is 0 Å². The van der Waals surface area contributed by atoms with E-state index in [-0.39, 0.29) is 17.1 Å². The lowest BCUT2D eigenvalue weighted by Gasteiger charge is -2.20. The molecule has 1 heterocycles. The van der Waals surface area contributed by atoms with E-state index in [2.05, 4.69) is 11.4 Å². The molecule has 1 atom stereocenters. The summed E-state index contributed by atoms with van der Waals surface area (Å²) in [7, 11) is 0. The maximum absolute atomic E-state index is 11.5. The van der Waals surface area contributed by atoms with E-state index < -0.39 is 0 Å². The summed E-state index contributed by atoms with van der Waals surface area (Å²) >= 11 is 1.39. The summed E-state index contributed by atoms with van der Waals surface area (Å²) in [6, 6.07) is 9.16. The number of nitriles is 1. The summed E-state index contributed by atoms with van der Waals surface area (Å²) in [5, 5.41) is 10.8. The maximum atomic E-state index is 11.5. The zero-order valence-electron chi connectivity index (χ0n) is 8.97. The van der Waals surface area contributed by atoms with Crippen molar-refractivity contribution < 1.29 is 9.59 Å². The van der Waals surface area contributed by atoms with Crippen LogP contribution in [0.1, 0.15) is 18.4 Å². The van der Waals surface area contributed by atoms with Crippen molar-refractivity contribution in [3.63, 3.8) is 0 Å². The van der Waals surface area contributed by atoms with Gasteiger partial charge in [0.15, 0.2) is 0 Å². The number of carbonyl (C=O) groups is 2. The number of piperidine rings is 1. The molecule has 86 valence electrons. The van der Waals surface area contributed by atoms with E-state index >= 15 is 0 Å². The van der Waals surface area contributed by atoms with E-state index in [4.69, 9.17) is 5.26 Å². The molecule has 5 heteroatoms. The highest BCUT2D eigenvalue weighted by Gasteiger charge is 2.27. The molecule has 2 rings (SSSR count). The molecule has 0 aromatic heterocycles. The predicted octanol–water partition coefficient (Wildman–Crippen LogP) is 1.46. The molecule has 0 spiro atoms. The summed E-state index contributed by atoms with van der Waals surface area (Å²) in [6.07, 6.45) is 0.924. The second-order valence-electron chi connectivity index (χ2n) is 3.70. The number of hydrogen-bond donors (Lipinski definition) is 1. The third-order valence-corrected chi connectivity index (χ3v) is 3.69. The average Bonchev–Trinajstić information content (AvgIpc) is 2.33. The lowest BCUT2D eigenvalue weighted by molar-refractivity contribution is -0.132. The van der Waals surface area contributed by atoms with Crippen LogP contribution in [0.5, 0.6) is 0 Å². The summed E-state index contributed by atoms with van der Waals surface area (Å²) in [5.74, 6) is -0.453. The van der Waals surface area contributed by atoms with Crippen LogP contribution in [0.2, 0.25) is 0 Å². The van der Waals surface area contributed by atoms with E-state index in [1.807, 2.05) is 6.07 Å². The molecule has 2 amide bonds. The monoisotopic (exact) mass is 246 g/mol. The van der Waals surface area contributed by atoms with Crippen LogP contribution >= 0.6 is 11.8 Å². The maximum Gasteiger partial charge on any atom is 0.240 e. The van der Waals surface area contributed by atoms with E-state index in [0.29, 0.717) is 18.4 Å². The van der Waals surface area contributed by atoms with Crippen molar-refractivity contribution in [1.82, 2.24) is 5.32 Å². The summed E-state index contributed by atoms with van der Waals surface area (Å²) < 4.78 is 0. The highest BCUT2D eigenvalue weighted by Crippen LogP contribution is 2.28. The van der Waals surface area contributed by atoms with Gasteiger partial charge >= 0.3 is 0 Å². The number of amides is 2. The molecule has 1 unspecified atom stereocenters. The van der Waals surface area contributed by atoms with Crippen LogP contribution < -0.4 is 5.32 Å². The quantitative estimate of drug-likeness (QED) is 0.802. The number of carbonyl (C=O) groups excluding carboxylic acids is 2. The van der Waals surface area contributed by atoms with Crippen molar-refractivity contribution in [2.24, 2.45) is 0 Å². The van der Waals surface area contributed by atoms with Gasteiger partial charge in [0.05, 0.1) is 16.9 Å². The SMILES string of the molecule is N#Cc1cccc(SC2CCC(=O)NC2=O)c1. The molecule has 0 saturated carbocycles. The molecule has 1 saturated heterocycles.